The molecule has 1 rings (SSSR count). The second-order valence-corrected chi connectivity index (χ2v) is 5.96. The number of halogens is 1. The second kappa shape index (κ2) is 9.14. The molecule has 0 aromatic heterocycles. The molecule has 0 radical (unpaired) electrons. The van der Waals surface area contributed by atoms with Crippen LogP contribution in [0.25, 0.3) is 0 Å². The van der Waals surface area contributed by atoms with Gasteiger partial charge in [-0.25, -0.2) is 0 Å². The van der Waals surface area contributed by atoms with Crippen LogP contribution in [-0.4, -0.2) is 30.4 Å². The Morgan fingerprint density at radius 2 is 1.85 bits per heavy atom. The fourth-order valence-corrected chi connectivity index (χ4v) is 2.50. The Morgan fingerprint density at radius 3 is 2.40 bits per heavy atom. The number of aryl methyl sites for hydroxylation is 1. The Kier molecular flexibility index (Phi) is 7.85. The van der Waals surface area contributed by atoms with Crippen LogP contribution in [0.2, 0.25) is 0 Å². The van der Waals surface area contributed by atoms with Crippen molar-refractivity contribution in [3.63, 3.8) is 0 Å². The van der Waals surface area contributed by atoms with Crippen LogP contribution in [0, 0.1) is 6.92 Å². The quantitative estimate of drug-likeness (QED) is 0.768. The van der Waals surface area contributed by atoms with Crippen molar-refractivity contribution in [1.82, 2.24) is 4.90 Å². The van der Waals surface area contributed by atoms with Crippen molar-refractivity contribution < 1.29 is 4.79 Å². The molecule has 3 nitrogen and oxygen atoms in total. The number of anilines is 1. The zero-order valence-corrected chi connectivity index (χ0v) is 14.3. The average Bonchev–Trinajstić information content (AvgIpc) is 2.41. The van der Waals surface area contributed by atoms with Crippen LogP contribution in [0.15, 0.2) is 22.7 Å². The number of nitrogens with one attached hydrogen (secondary N) is 1. The van der Waals surface area contributed by atoms with Gasteiger partial charge in [-0.1, -0.05) is 35.8 Å². The number of nitrogens with zero attached hydrogens (tertiary/aromatic N) is 1. The van der Waals surface area contributed by atoms with E-state index in [1.54, 1.807) is 0 Å². The zero-order chi connectivity index (χ0) is 15.0. The van der Waals surface area contributed by atoms with E-state index in [9.17, 15) is 4.79 Å². The number of carbonyl (C=O) groups excluding carboxylic acids is 1. The second-order valence-electron chi connectivity index (χ2n) is 5.10. The monoisotopic (exact) mass is 340 g/mol. The summed E-state index contributed by atoms with van der Waals surface area (Å²) in [6, 6.07) is 5.89. The maximum atomic E-state index is 12.0. The highest BCUT2D eigenvalue weighted by Gasteiger charge is 2.07. The van der Waals surface area contributed by atoms with Gasteiger partial charge >= 0.3 is 0 Å². The molecule has 4 heteroatoms. The van der Waals surface area contributed by atoms with Gasteiger partial charge in [0.25, 0.3) is 0 Å². The normalized spacial score (nSPS) is 10.8. The molecule has 0 heterocycles. The largest absolute Gasteiger partial charge is 0.326 e. The van der Waals surface area contributed by atoms with Crippen molar-refractivity contribution in [3.8, 4) is 0 Å². The Bertz CT molecular complexity index is 428. The summed E-state index contributed by atoms with van der Waals surface area (Å²) in [5, 5.41) is 2.95. The molecular formula is C16H25BrN2O. The van der Waals surface area contributed by atoms with Gasteiger partial charge in [0.1, 0.15) is 0 Å². The zero-order valence-electron chi connectivity index (χ0n) is 12.7. The number of benzene rings is 1. The lowest BCUT2D eigenvalue weighted by molar-refractivity contribution is -0.116. The van der Waals surface area contributed by atoms with E-state index in [2.05, 4.69) is 40.0 Å². The van der Waals surface area contributed by atoms with E-state index in [0.29, 0.717) is 6.42 Å². The number of hydrogen-bond donors (Lipinski definition) is 1. The van der Waals surface area contributed by atoms with Crippen LogP contribution >= 0.6 is 15.9 Å². The van der Waals surface area contributed by atoms with Gasteiger partial charge in [-0.15, -0.1) is 0 Å². The summed E-state index contributed by atoms with van der Waals surface area (Å²) >= 11 is 3.48. The number of carbonyl (C=O) groups is 1. The van der Waals surface area contributed by atoms with Crippen molar-refractivity contribution in [2.24, 2.45) is 0 Å². The summed E-state index contributed by atoms with van der Waals surface area (Å²) in [5.41, 5.74) is 2.02. The Balaban J connectivity index is 2.44. The molecular weight excluding hydrogens is 316 g/mol. The van der Waals surface area contributed by atoms with Gasteiger partial charge in [-0.05, 0) is 50.6 Å². The van der Waals surface area contributed by atoms with Crippen molar-refractivity contribution >= 4 is 27.5 Å². The third-order valence-electron chi connectivity index (χ3n) is 3.19. The molecule has 1 aromatic rings. The summed E-state index contributed by atoms with van der Waals surface area (Å²) in [6.45, 7) is 9.34. The molecule has 112 valence electrons. The lowest BCUT2D eigenvalue weighted by Crippen LogP contribution is -2.29. The third kappa shape index (κ3) is 6.06. The molecule has 1 aromatic carbocycles. The average molecular weight is 341 g/mol. The SMILES string of the molecule is CCCN(CCC)CCC(=O)Nc1ccc(C)c(Br)c1. The summed E-state index contributed by atoms with van der Waals surface area (Å²) in [7, 11) is 0. The molecule has 1 N–H and O–H groups in total. The predicted molar refractivity (Wildman–Crippen MR) is 89.1 cm³/mol. The molecule has 20 heavy (non-hydrogen) atoms. The Hall–Kier alpha value is -0.870. The first-order valence-corrected chi connectivity index (χ1v) is 8.14. The molecule has 0 saturated heterocycles. The topological polar surface area (TPSA) is 32.3 Å². The van der Waals surface area contributed by atoms with E-state index < -0.39 is 0 Å². The molecule has 0 unspecified atom stereocenters. The van der Waals surface area contributed by atoms with Gasteiger partial charge in [-0.2, -0.15) is 0 Å². The lowest BCUT2D eigenvalue weighted by Gasteiger charge is -2.20. The van der Waals surface area contributed by atoms with E-state index >= 15 is 0 Å². The number of hydrogen-bond acceptors (Lipinski definition) is 2. The first kappa shape index (κ1) is 17.2. The van der Waals surface area contributed by atoms with Crippen LogP contribution in [-0.2, 0) is 4.79 Å². The molecule has 0 spiro atoms. The maximum absolute atomic E-state index is 12.0. The fraction of sp³-hybridized carbons (Fsp3) is 0.562. The third-order valence-corrected chi connectivity index (χ3v) is 4.04. The Morgan fingerprint density at radius 1 is 1.20 bits per heavy atom. The van der Waals surface area contributed by atoms with Crippen LogP contribution < -0.4 is 5.32 Å². The number of amides is 1. The van der Waals surface area contributed by atoms with Crippen molar-refractivity contribution in [3.05, 3.63) is 28.2 Å². The first-order valence-electron chi connectivity index (χ1n) is 7.35. The first-order chi connectivity index (χ1) is 9.56. The molecule has 0 aliphatic carbocycles. The van der Waals surface area contributed by atoms with Crippen molar-refractivity contribution in [2.75, 3.05) is 25.0 Å². The van der Waals surface area contributed by atoms with Crippen molar-refractivity contribution in [2.45, 2.75) is 40.0 Å². The molecule has 0 aliphatic heterocycles. The highest BCUT2D eigenvalue weighted by atomic mass is 79.9. The van der Waals surface area contributed by atoms with Crippen LogP contribution in [0.5, 0.6) is 0 Å². The van der Waals surface area contributed by atoms with Gasteiger partial charge in [-0.3, -0.25) is 4.79 Å². The van der Waals surface area contributed by atoms with E-state index in [1.807, 2.05) is 25.1 Å². The predicted octanol–water partition coefficient (Wildman–Crippen LogP) is 4.21. The van der Waals surface area contributed by atoms with Gasteiger partial charge in [0, 0.05) is 23.1 Å². The summed E-state index contributed by atoms with van der Waals surface area (Å²) in [5.74, 6) is 0.0814. The standard InChI is InChI=1S/C16H25BrN2O/c1-4-9-19(10-5-2)11-8-16(20)18-14-7-6-13(3)15(17)12-14/h6-7,12H,4-5,8-11H2,1-3H3,(H,18,20). The van der Waals surface area contributed by atoms with E-state index in [4.69, 9.17) is 0 Å². The highest BCUT2D eigenvalue weighted by Crippen LogP contribution is 2.20. The van der Waals surface area contributed by atoms with E-state index in [-0.39, 0.29) is 5.91 Å². The minimum atomic E-state index is 0.0814. The summed E-state index contributed by atoms with van der Waals surface area (Å²) in [6.07, 6.45) is 2.81. The molecule has 0 atom stereocenters. The smallest absolute Gasteiger partial charge is 0.225 e. The van der Waals surface area contributed by atoms with Crippen LogP contribution in [0.4, 0.5) is 5.69 Å². The minimum absolute atomic E-state index is 0.0814. The summed E-state index contributed by atoms with van der Waals surface area (Å²) in [4.78, 5) is 14.3. The van der Waals surface area contributed by atoms with Crippen molar-refractivity contribution in [1.29, 1.82) is 0 Å². The van der Waals surface area contributed by atoms with E-state index in [0.717, 1.165) is 42.6 Å². The lowest BCUT2D eigenvalue weighted by atomic mass is 10.2. The molecule has 0 fully saturated rings. The maximum Gasteiger partial charge on any atom is 0.225 e. The van der Waals surface area contributed by atoms with Gasteiger partial charge in [0.05, 0.1) is 0 Å². The molecule has 0 aliphatic rings. The van der Waals surface area contributed by atoms with Crippen LogP contribution in [0.1, 0.15) is 38.7 Å². The Labute approximate surface area is 130 Å². The van der Waals surface area contributed by atoms with Gasteiger partial charge < -0.3 is 10.2 Å². The molecule has 1 amide bonds. The molecule has 0 bridgehead atoms. The summed E-state index contributed by atoms with van der Waals surface area (Å²) < 4.78 is 1.02. The number of rotatable bonds is 8. The highest BCUT2D eigenvalue weighted by molar-refractivity contribution is 9.10. The molecule has 0 saturated carbocycles. The van der Waals surface area contributed by atoms with E-state index in [1.165, 1.54) is 5.56 Å². The van der Waals surface area contributed by atoms with Gasteiger partial charge in [0.2, 0.25) is 5.91 Å². The fourth-order valence-electron chi connectivity index (χ4n) is 2.12. The van der Waals surface area contributed by atoms with Gasteiger partial charge in [0.15, 0.2) is 0 Å². The minimum Gasteiger partial charge on any atom is -0.326 e. The van der Waals surface area contributed by atoms with Crippen LogP contribution in [0.3, 0.4) is 0 Å².